The molecule has 0 aromatic heterocycles. The van der Waals surface area contributed by atoms with Crippen LogP contribution in [0.25, 0.3) is 0 Å². The molecule has 10 heteroatoms. The molecule has 2 aliphatic carbocycles. The lowest BCUT2D eigenvalue weighted by Gasteiger charge is -2.43. The van der Waals surface area contributed by atoms with Crippen molar-refractivity contribution in [2.75, 3.05) is 27.3 Å². The van der Waals surface area contributed by atoms with Gasteiger partial charge in [-0.25, -0.2) is 9.80 Å². The molecule has 1 aromatic carbocycles. The van der Waals surface area contributed by atoms with Gasteiger partial charge in [-0.15, -0.1) is 0 Å². The van der Waals surface area contributed by atoms with Crippen LogP contribution in [0.4, 0.5) is 4.79 Å². The highest BCUT2D eigenvalue weighted by molar-refractivity contribution is 6.07. The molecule has 0 radical (unpaired) electrons. The van der Waals surface area contributed by atoms with Gasteiger partial charge >= 0.3 is 6.09 Å². The predicted molar refractivity (Wildman–Crippen MR) is 154 cm³/mol. The summed E-state index contributed by atoms with van der Waals surface area (Å²) in [7, 11) is 3.23. The summed E-state index contributed by atoms with van der Waals surface area (Å²) in [6.07, 6.45) is 9.51. The highest BCUT2D eigenvalue weighted by Crippen LogP contribution is 2.40. The van der Waals surface area contributed by atoms with Gasteiger partial charge in [-0.1, -0.05) is 44.9 Å². The minimum atomic E-state index is -0.910. The van der Waals surface area contributed by atoms with E-state index in [1.165, 1.54) is 6.42 Å². The predicted octanol–water partition coefficient (Wildman–Crippen LogP) is 4.48. The number of rotatable bonds is 8. The van der Waals surface area contributed by atoms with Gasteiger partial charge in [0.2, 0.25) is 5.91 Å². The van der Waals surface area contributed by atoms with E-state index in [1.807, 2.05) is 18.2 Å². The number of benzene rings is 1. The second-order valence-corrected chi connectivity index (χ2v) is 12.0. The Morgan fingerprint density at radius 2 is 1.59 bits per heavy atom. The average Bonchev–Trinajstić information content (AvgIpc) is 3.01. The molecule has 0 spiro atoms. The van der Waals surface area contributed by atoms with Gasteiger partial charge in [0, 0.05) is 30.5 Å². The molecule has 41 heavy (non-hydrogen) atoms. The Balaban J connectivity index is 1.31. The van der Waals surface area contributed by atoms with Crippen molar-refractivity contribution in [3.05, 3.63) is 23.8 Å². The standard InChI is InChI=1S/C31H44N4O6/c1-39-25-13-12-21(19-26(25)40-2)28-23-10-6-7-11-24(23)29(36)35(33-28)22-14-16-34(17-15-22)30(37)27(41-31(32)38)18-20-8-4-3-5-9-20/h12-13,19-20,22-24,27H,3-11,14-18H2,1-2H3,(H2,32,38)/t23-,24+,27-/m0/s1. The van der Waals surface area contributed by atoms with E-state index in [1.54, 1.807) is 24.1 Å². The van der Waals surface area contributed by atoms with Crippen LogP contribution in [0.15, 0.2) is 23.3 Å². The minimum absolute atomic E-state index is 0.0822. The SMILES string of the molecule is COc1ccc(C2=NN(C3CCN(C(=O)[C@H](CC4CCCCC4)OC(N)=O)CC3)C(=O)[C@@H]3CCCC[C@H]23)cc1OC. The molecule has 3 fully saturated rings. The molecule has 4 aliphatic rings. The first-order valence-electron chi connectivity index (χ1n) is 15.3. The fourth-order valence-corrected chi connectivity index (χ4v) is 7.29. The molecule has 2 saturated carbocycles. The van der Waals surface area contributed by atoms with Crippen LogP contribution in [-0.4, -0.2) is 73.0 Å². The number of nitrogens with zero attached hydrogens (tertiary/aromatic N) is 3. The summed E-state index contributed by atoms with van der Waals surface area (Å²) >= 11 is 0. The van der Waals surface area contributed by atoms with Crippen LogP contribution in [0.1, 0.15) is 82.6 Å². The fraction of sp³-hybridized carbons (Fsp3) is 0.677. The van der Waals surface area contributed by atoms with Crippen molar-refractivity contribution in [3.8, 4) is 11.5 Å². The Morgan fingerprint density at radius 1 is 0.927 bits per heavy atom. The van der Waals surface area contributed by atoms with Crippen molar-refractivity contribution in [1.82, 2.24) is 9.91 Å². The lowest BCUT2D eigenvalue weighted by atomic mass is 9.73. The van der Waals surface area contributed by atoms with Gasteiger partial charge in [0.05, 0.1) is 26.0 Å². The van der Waals surface area contributed by atoms with E-state index in [2.05, 4.69) is 0 Å². The zero-order valence-corrected chi connectivity index (χ0v) is 24.4. The van der Waals surface area contributed by atoms with Crippen molar-refractivity contribution in [1.29, 1.82) is 0 Å². The number of likely N-dealkylation sites (tertiary alicyclic amines) is 1. The molecule has 10 nitrogen and oxygen atoms in total. The molecular formula is C31H44N4O6. The molecule has 0 bridgehead atoms. The van der Waals surface area contributed by atoms with Gasteiger partial charge in [-0.2, -0.15) is 5.10 Å². The second-order valence-electron chi connectivity index (χ2n) is 12.0. The van der Waals surface area contributed by atoms with Gasteiger partial charge in [-0.05, 0) is 56.2 Å². The first-order chi connectivity index (χ1) is 19.9. The molecule has 0 unspecified atom stereocenters. The largest absolute Gasteiger partial charge is 0.493 e. The topological polar surface area (TPSA) is 124 Å². The highest BCUT2D eigenvalue weighted by Gasteiger charge is 2.44. The molecule has 2 aliphatic heterocycles. The van der Waals surface area contributed by atoms with Crippen LogP contribution in [0.3, 0.4) is 0 Å². The summed E-state index contributed by atoms with van der Waals surface area (Å²) < 4.78 is 16.3. The quantitative estimate of drug-likeness (QED) is 0.493. The molecule has 1 aromatic rings. The fourth-order valence-electron chi connectivity index (χ4n) is 7.29. The number of ether oxygens (including phenoxy) is 3. The number of amides is 3. The number of carbonyl (C=O) groups excluding carboxylic acids is 3. The summed E-state index contributed by atoms with van der Waals surface area (Å²) in [6.45, 7) is 0.956. The Labute approximate surface area is 242 Å². The number of piperidine rings is 1. The van der Waals surface area contributed by atoms with Gasteiger partial charge in [-0.3, -0.25) is 9.59 Å². The molecule has 3 amide bonds. The number of methoxy groups -OCH3 is 2. The van der Waals surface area contributed by atoms with Crippen LogP contribution < -0.4 is 15.2 Å². The third-order valence-corrected chi connectivity index (χ3v) is 9.48. The summed E-state index contributed by atoms with van der Waals surface area (Å²) in [5.41, 5.74) is 7.21. The first kappa shape index (κ1) is 29.2. The molecule has 3 atom stereocenters. The Hall–Kier alpha value is -3.30. The van der Waals surface area contributed by atoms with Crippen molar-refractivity contribution in [2.45, 2.75) is 89.2 Å². The maximum Gasteiger partial charge on any atom is 0.405 e. The van der Waals surface area contributed by atoms with Crippen molar-refractivity contribution in [3.63, 3.8) is 0 Å². The number of hydrogen-bond acceptors (Lipinski definition) is 7. The number of carbonyl (C=O) groups is 3. The van der Waals surface area contributed by atoms with Crippen LogP contribution in [0.2, 0.25) is 0 Å². The molecule has 2 heterocycles. The summed E-state index contributed by atoms with van der Waals surface area (Å²) in [5, 5.41) is 6.72. The van der Waals surface area contributed by atoms with Crippen LogP contribution in [0.5, 0.6) is 11.5 Å². The number of fused-ring (bicyclic) bond motifs is 1. The number of hydrogen-bond donors (Lipinski definition) is 1. The molecule has 5 rings (SSSR count). The molecule has 224 valence electrons. The zero-order valence-electron chi connectivity index (χ0n) is 24.4. The summed E-state index contributed by atoms with van der Waals surface area (Å²) in [5.74, 6) is 1.56. The lowest BCUT2D eigenvalue weighted by molar-refractivity contribution is -0.146. The normalized spacial score (nSPS) is 24.7. The monoisotopic (exact) mass is 568 g/mol. The van der Waals surface area contributed by atoms with Gasteiger partial charge in [0.1, 0.15) is 0 Å². The van der Waals surface area contributed by atoms with E-state index >= 15 is 0 Å². The number of nitrogens with two attached hydrogens (primary N) is 1. The van der Waals surface area contributed by atoms with E-state index in [0.717, 1.165) is 62.6 Å². The van der Waals surface area contributed by atoms with Gasteiger partial charge < -0.3 is 24.8 Å². The van der Waals surface area contributed by atoms with Crippen molar-refractivity contribution in [2.24, 2.45) is 28.6 Å². The van der Waals surface area contributed by atoms with Crippen LogP contribution in [-0.2, 0) is 14.3 Å². The number of hydrazone groups is 1. The molecular weight excluding hydrogens is 524 g/mol. The summed E-state index contributed by atoms with van der Waals surface area (Å²) in [4.78, 5) is 40.6. The van der Waals surface area contributed by atoms with E-state index in [4.69, 9.17) is 25.0 Å². The molecule has 1 saturated heterocycles. The second kappa shape index (κ2) is 13.1. The Kier molecular flexibility index (Phi) is 9.35. The third-order valence-electron chi connectivity index (χ3n) is 9.48. The van der Waals surface area contributed by atoms with E-state index in [0.29, 0.717) is 49.8 Å². The first-order valence-corrected chi connectivity index (χ1v) is 15.3. The maximum absolute atomic E-state index is 13.7. The maximum atomic E-state index is 13.7. The Morgan fingerprint density at radius 3 is 2.24 bits per heavy atom. The van der Waals surface area contributed by atoms with Crippen molar-refractivity contribution < 1.29 is 28.6 Å². The van der Waals surface area contributed by atoms with Gasteiger partial charge in [0.25, 0.3) is 5.91 Å². The highest BCUT2D eigenvalue weighted by atomic mass is 16.6. The van der Waals surface area contributed by atoms with Gasteiger partial charge in [0.15, 0.2) is 17.6 Å². The summed E-state index contributed by atoms with van der Waals surface area (Å²) in [6, 6.07) is 5.73. The van der Waals surface area contributed by atoms with Crippen molar-refractivity contribution >= 4 is 23.6 Å². The number of primary amides is 1. The Bertz CT molecular complexity index is 1140. The van der Waals surface area contributed by atoms with E-state index in [-0.39, 0.29) is 29.7 Å². The zero-order chi connectivity index (χ0) is 28.9. The third kappa shape index (κ3) is 6.46. The lowest BCUT2D eigenvalue weighted by Crippen LogP contribution is -2.54. The van der Waals surface area contributed by atoms with E-state index < -0.39 is 12.2 Å². The van der Waals surface area contributed by atoms with Crippen LogP contribution >= 0.6 is 0 Å². The van der Waals surface area contributed by atoms with E-state index in [9.17, 15) is 14.4 Å². The minimum Gasteiger partial charge on any atom is -0.493 e. The average molecular weight is 569 g/mol. The smallest absolute Gasteiger partial charge is 0.405 e. The van der Waals surface area contributed by atoms with Crippen LogP contribution in [0, 0.1) is 17.8 Å². The molecule has 2 N–H and O–H groups in total.